The molecule has 6 heteroatoms. The van der Waals surface area contributed by atoms with Crippen molar-refractivity contribution >= 4 is 17.6 Å². The first-order valence-corrected chi connectivity index (χ1v) is 9.13. The average Bonchev–Trinajstić information content (AvgIpc) is 3.07. The molecule has 0 unspecified atom stereocenters. The van der Waals surface area contributed by atoms with E-state index in [1.165, 1.54) is 12.8 Å². The fourth-order valence-electron chi connectivity index (χ4n) is 3.59. The molecule has 1 aromatic carbocycles. The third-order valence-electron chi connectivity index (χ3n) is 4.80. The molecule has 3 amide bonds. The number of hydrogen-bond acceptors (Lipinski definition) is 3. The van der Waals surface area contributed by atoms with Gasteiger partial charge in [0, 0.05) is 30.4 Å². The summed E-state index contributed by atoms with van der Waals surface area (Å²) in [6, 6.07) is 7.22. The van der Waals surface area contributed by atoms with E-state index in [2.05, 4.69) is 10.6 Å². The van der Waals surface area contributed by atoms with Crippen molar-refractivity contribution in [3.8, 4) is 0 Å². The Bertz CT molecular complexity index is 601. The van der Waals surface area contributed by atoms with Crippen LogP contribution >= 0.6 is 0 Å². The zero-order chi connectivity index (χ0) is 17.8. The summed E-state index contributed by atoms with van der Waals surface area (Å²) in [6.07, 6.45) is 4.59. The standard InChI is InChI=1S/C19H27N3O3/c1-13-11-22(12-14(2)25-13)19(24)21-17-9-7-15(8-10-17)18(23)20-16-5-3-4-6-16/h7-10,13-14,16H,3-6,11-12H2,1-2H3,(H,20,23)(H,21,24)/t13-,14-/m1/s1. The van der Waals surface area contributed by atoms with Gasteiger partial charge in [0.15, 0.2) is 0 Å². The fourth-order valence-corrected chi connectivity index (χ4v) is 3.59. The quantitative estimate of drug-likeness (QED) is 0.885. The van der Waals surface area contributed by atoms with E-state index in [1.54, 1.807) is 29.2 Å². The Kier molecular flexibility index (Phi) is 5.58. The lowest BCUT2D eigenvalue weighted by Crippen LogP contribution is -2.49. The summed E-state index contributed by atoms with van der Waals surface area (Å²) in [5, 5.41) is 5.96. The third kappa shape index (κ3) is 4.72. The Balaban J connectivity index is 1.54. The molecule has 1 heterocycles. The highest BCUT2D eigenvalue weighted by Crippen LogP contribution is 2.19. The largest absolute Gasteiger partial charge is 0.372 e. The van der Waals surface area contributed by atoms with Gasteiger partial charge in [0.05, 0.1) is 12.2 Å². The Morgan fingerprint density at radius 1 is 1.04 bits per heavy atom. The molecule has 0 bridgehead atoms. The summed E-state index contributed by atoms with van der Waals surface area (Å²) in [4.78, 5) is 26.4. The summed E-state index contributed by atoms with van der Waals surface area (Å²) in [7, 11) is 0. The molecule has 1 saturated heterocycles. The number of hydrogen-bond donors (Lipinski definition) is 2. The molecule has 1 aliphatic heterocycles. The van der Waals surface area contributed by atoms with Crippen molar-refractivity contribution < 1.29 is 14.3 Å². The van der Waals surface area contributed by atoms with E-state index in [4.69, 9.17) is 4.74 Å². The van der Waals surface area contributed by atoms with Gasteiger partial charge in [-0.05, 0) is 51.0 Å². The minimum Gasteiger partial charge on any atom is -0.372 e. The molecule has 2 aliphatic rings. The normalized spacial score (nSPS) is 24.2. The molecule has 25 heavy (non-hydrogen) atoms. The number of nitrogens with one attached hydrogen (secondary N) is 2. The van der Waals surface area contributed by atoms with Crippen molar-refractivity contribution in [2.75, 3.05) is 18.4 Å². The monoisotopic (exact) mass is 345 g/mol. The van der Waals surface area contributed by atoms with Gasteiger partial charge in [-0.1, -0.05) is 12.8 Å². The smallest absolute Gasteiger partial charge is 0.322 e. The van der Waals surface area contributed by atoms with Crippen LogP contribution in [0.2, 0.25) is 0 Å². The predicted octanol–water partition coefficient (Wildman–Crippen LogP) is 3.00. The lowest BCUT2D eigenvalue weighted by molar-refractivity contribution is -0.0530. The summed E-state index contributed by atoms with van der Waals surface area (Å²) < 4.78 is 5.65. The second-order valence-electron chi connectivity index (χ2n) is 7.12. The van der Waals surface area contributed by atoms with Gasteiger partial charge >= 0.3 is 6.03 Å². The van der Waals surface area contributed by atoms with Crippen LogP contribution in [0.5, 0.6) is 0 Å². The number of ether oxygens (including phenoxy) is 1. The Morgan fingerprint density at radius 3 is 2.24 bits per heavy atom. The van der Waals surface area contributed by atoms with Crippen LogP contribution < -0.4 is 10.6 Å². The van der Waals surface area contributed by atoms with E-state index in [1.807, 2.05) is 13.8 Å². The third-order valence-corrected chi connectivity index (χ3v) is 4.80. The molecule has 6 nitrogen and oxygen atoms in total. The molecule has 2 fully saturated rings. The van der Waals surface area contributed by atoms with E-state index in [0.29, 0.717) is 30.4 Å². The lowest BCUT2D eigenvalue weighted by Gasteiger charge is -2.35. The van der Waals surface area contributed by atoms with Crippen LogP contribution in [0.4, 0.5) is 10.5 Å². The van der Waals surface area contributed by atoms with Gasteiger partial charge in [-0.15, -0.1) is 0 Å². The molecule has 2 atom stereocenters. The number of anilines is 1. The number of nitrogens with zero attached hydrogens (tertiary/aromatic N) is 1. The van der Waals surface area contributed by atoms with E-state index < -0.39 is 0 Å². The highest BCUT2D eigenvalue weighted by molar-refractivity contribution is 5.95. The topological polar surface area (TPSA) is 70.7 Å². The zero-order valence-corrected chi connectivity index (χ0v) is 15.0. The molecular weight excluding hydrogens is 318 g/mol. The first-order valence-electron chi connectivity index (χ1n) is 9.13. The second-order valence-corrected chi connectivity index (χ2v) is 7.12. The van der Waals surface area contributed by atoms with Crippen molar-refractivity contribution in [1.29, 1.82) is 0 Å². The number of urea groups is 1. The summed E-state index contributed by atoms with van der Waals surface area (Å²) in [5.74, 6) is -0.0411. The molecule has 0 radical (unpaired) electrons. The van der Waals surface area contributed by atoms with Crippen molar-refractivity contribution in [3.05, 3.63) is 29.8 Å². The first kappa shape index (κ1) is 17.7. The number of amides is 3. The Hall–Kier alpha value is -2.08. The number of carbonyl (C=O) groups excluding carboxylic acids is 2. The zero-order valence-electron chi connectivity index (χ0n) is 15.0. The molecule has 0 aromatic heterocycles. The average molecular weight is 345 g/mol. The van der Waals surface area contributed by atoms with Crippen LogP contribution in [0.15, 0.2) is 24.3 Å². The van der Waals surface area contributed by atoms with E-state index in [0.717, 1.165) is 12.8 Å². The van der Waals surface area contributed by atoms with Gasteiger partial charge in [0.2, 0.25) is 0 Å². The molecule has 0 spiro atoms. The van der Waals surface area contributed by atoms with Gasteiger partial charge in [0.1, 0.15) is 0 Å². The number of benzene rings is 1. The van der Waals surface area contributed by atoms with Crippen molar-refractivity contribution in [2.45, 2.75) is 57.8 Å². The maximum atomic E-state index is 12.4. The maximum Gasteiger partial charge on any atom is 0.322 e. The summed E-state index contributed by atoms with van der Waals surface area (Å²) >= 11 is 0. The van der Waals surface area contributed by atoms with Crippen LogP contribution in [0, 0.1) is 0 Å². The van der Waals surface area contributed by atoms with Gasteiger partial charge in [-0.25, -0.2) is 4.79 Å². The van der Waals surface area contributed by atoms with Crippen LogP contribution in [0.3, 0.4) is 0 Å². The van der Waals surface area contributed by atoms with Crippen molar-refractivity contribution in [3.63, 3.8) is 0 Å². The summed E-state index contributed by atoms with van der Waals surface area (Å²) in [6.45, 7) is 5.09. The minimum atomic E-state index is -0.134. The van der Waals surface area contributed by atoms with Crippen LogP contribution in [-0.4, -0.2) is 48.2 Å². The van der Waals surface area contributed by atoms with Gasteiger partial charge in [-0.2, -0.15) is 0 Å². The van der Waals surface area contributed by atoms with Crippen LogP contribution in [0.1, 0.15) is 49.9 Å². The maximum absolute atomic E-state index is 12.4. The predicted molar refractivity (Wildman–Crippen MR) is 96.8 cm³/mol. The van der Waals surface area contributed by atoms with Gasteiger partial charge in [0.25, 0.3) is 5.91 Å². The molecule has 3 rings (SSSR count). The molecule has 136 valence electrons. The second kappa shape index (κ2) is 7.87. The lowest BCUT2D eigenvalue weighted by atomic mass is 10.1. The number of morpholine rings is 1. The highest BCUT2D eigenvalue weighted by Gasteiger charge is 2.26. The number of carbonyl (C=O) groups is 2. The van der Waals surface area contributed by atoms with E-state index in [9.17, 15) is 9.59 Å². The number of rotatable bonds is 3. The fraction of sp³-hybridized carbons (Fsp3) is 0.579. The van der Waals surface area contributed by atoms with E-state index in [-0.39, 0.29) is 24.1 Å². The van der Waals surface area contributed by atoms with Crippen LogP contribution in [0.25, 0.3) is 0 Å². The molecule has 1 aliphatic carbocycles. The molecular formula is C19H27N3O3. The Labute approximate surface area is 148 Å². The Morgan fingerprint density at radius 2 is 1.64 bits per heavy atom. The summed E-state index contributed by atoms with van der Waals surface area (Å²) in [5.41, 5.74) is 1.31. The SMILES string of the molecule is C[C@@H]1CN(C(=O)Nc2ccc(C(=O)NC3CCCC3)cc2)C[C@@H](C)O1. The van der Waals surface area contributed by atoms with Crippen LogP contribution in [-0.2, 0) is 4.74 Å². The molecule has 1 saturated carbocycles. The first-order chi connectivity index (χ1) is 12.0. The van der Waals surface area contributed by atoms with Gasteiger partial charge < -0.3 is 20.3 Å². The molecule has 1 aromatic rings. The van der Waals surface area contributed by atoms with Gasteiger partial charge in [-0.3, -0.25) is 4.79 Å². The van der Waals surface area contributed by atoms with Crippen molar-refractivity contribution in [2.24, 2.45) is 0 Å². The van der Waals surface area contributed by atoms with E-state index >= 15 is 0 Å². The minimum absolute atomic E-state index is 0.0381. The molecule has 2 N–H and O–H groups in total. The highest BCUT2D eigenvalue weighted by atomic mass is 16.5. The van der Waals surface area contributed by atoms with Crippen molar-refractivity contribution in [1.82, 2.24) is 10.2 Å².